The number of hydrogen-bond acceptors (Lipinski definition) is 2. The molecule has 0 radical (unpaired) electrons. The van der Waals surface area contributed by atoms with E-state index in [9.17, 15) is 8.42 Å². The van der Waals surface area contributed by atoms with Gasteiger partial charge in [0.2, 0.25) is 10.3 Å². The summed E-state index contributed by atoms with van der Waals surface area (Å²) in [6.07, 6.45) is 5.87. The molecule has 0 amide bonds. The van der Waals surface area contributed by atoms with Gasteiger partial charge >= 0.3 is 0 Å². The largest absolute Gasteiger partial charge is 0.217 e. The molecule has 2 nitrogen and oxygen atoms in total. The van der Waals surface area contributed by atoms with E-state index >= 15 is 0 Å². The number of rotatable bonds is 0. The molecule has 54 valence electrons. The average molecular weight is 156 g/mol. The van der Waals surface area contributed by atoms with Gasteiger partial charge in [-0.05, 0) is 13.0 Å². The van der Waals surface area contributed by atoms with Crippen LogP contribution in [0.3, 0.4) is 0 Å². The van der Waals surface area contributed by atoms with Gasteiger partial charge in [-0.25, -0.2) is 0 Å². The van der Waals surface area contributed by atoms with Crippen molar-refractivity contribution < 1.29 is 8.42 Å². The third kappa shape index (κ3) is 1.57. The molecule has 0 atom stereocenters. The van der Waals surface area contributed by atoms with E-state index in [1.54, 1.807) is 12.2 Å². The van der Waals surface area contributed by atoms with Crippen molar-refractivity contribution in [1.82, 2.24) is 0 Å². The fourth-order valence-electron chi connectivity index (χ4n) is 0.746. The van der Waals surface area contributed by atoms with Crippen LogP contribution in [0.1, 0.15) is 13.3 Å². The summed E-state index contributed by atoms with van der Waals surface area (Å²) in [5.74, 6) is 0. The zero-order chi connectivity index (χ0) is 7.56. The summed E-state index contributed by atoms with van der Waals surface area (Å²) in [6.45, 7) is 1.95. The van der Waals surface area contributed by atoms with Gasteiger partial charge in [0, 0.05) is 6.42 Å². The molecule has 0 bridgehead atoms. The minimum absolute atomic E-state index is 0.464. The van der Waals surface area contributed by atoms with Crippen molar-refractivity contribution in [2.24, 2.45) is 0 Å². The zero-order valence-electron chi connectivity index (χ0n) is 5.66. The summed E-state index contributed by atoms with van der Waals surface area (Å²) in [5.41, 5.74) is 1.12. The van der Waals surface area contributed by atoms with Crippen LogP contribution in [-0.2, 0) is 10.3 Å². The van der Waals surface area contributed by atoms with Gasteiger partial charge in [-0.15, -0.1) is 0 Å². The zero-order valence-corrected chi connectivity index (χ0v) is 6.48. The maximum atomic E-state index is 10.3. The van der Waals surface area contributed by atoms with E-state index in [0.29, 0.717) is 11.3 Å². The highest BCUT2D eigenvalue weighted by molar-refractivity contribution is 7.73. The van der Waals surface area contributed by atoms with E-state index in [-0.39, 0.29) is 0 Å². The third-order valence-electron chi connectivity index (χ3n) is 1.37. The first kappa shape index (κ1) is 7.28. The van der Waals surface area contributed by atoms with Crippen molar-refractivity contribution in [3.8, 4) is 0 Å². The molecule has 0 fully saturated rings. The van der Waals surface area contributed by atoms with Crippen molar-refractivity contribution in [2.45, 2.75) is 13.3 Å². The van der Waals surface area contributed by atoms with Crippen LogP contribution >= 0.6 is 0 Å². The number of hydrogen-bond donors (Lipinski definition) is 0. The molecule has 1 aliphatic carbocycles. The lowest BCUT2D eigenvalue weighted by molar-refractivity contribution is 0.627. The van der Waals surface area contributed by atoms with Gasteiger partial charge < -0.3 is 0 Å². The molecule has 0 aliphatic heterocycles. The summed E-state index contributed by atoms with van der Waals surface area (Å²) in [7, 11) is -2.03. The van der Waals surface area contributed by atoms with E-state index in [1.165, 1.54) is 0 Å². The van der Waals surface area contributed by atoms with Crippen LogP contribution in [0.15, 0.2) is 23.8 Å². The van der Waals surface area contributed by atoms with Crippen LogP contribution in [0.25, 0.3) is 0 Å². The average Bonchev–Trinajstić information content (AvgIpc) is 1.88. The van der Waals surface area contributed by atoms with E-state index in [2.05, 4.69) is 0 Å². The molecule has 10 heavy (non-hydrogen) atoms. The monoisotopic (exact) mass is 156 g/mol. The molecule has 1 aliphatic rings. The van der Waals surface area contributed by atoms with Crippen LogP contribution < -0.4 is 0 Å². The maximum Gasteiger partial charge on any atom is 0.217 e. The Morgan fingerprint density at radius 3 is 2.50 bits per heavy atom. The Morgan fingerprint density at radius 1 is 1.40 bits per heavy atom. The molecule has 0 N–H and O–H groups in total. The molecular weight excluding hydrogens is 148 g/mol. The van der Waals surface area contributed by atoms with E-state index in [1.807, 2.05) is 13.0 Å². The Bertz CT molecular complexity index is 310. The van der Waals surface area contributed by atoms with E-state index < -0.39 is 10.3 Å². The SMILES string of the molecule is CC1=CCC(=S(=O)=O)C=C1. The van der Waals surface area contributed by atoms with Crippen molar-refractivity contribution in [2.75, 3.05) is 0 Å². The second-order valence-corrected chi connectivity index (χ2v) is 3.18. The lowest BCUT2D eigenvalue weighted by atomic mass is 10.1. The molecule has 0 heterocycles. The molecule has 3 heteroatoms. The Labute approximate surface area is 61.4 Å². The standard InChI is InChI=1S/C7H8O2S/c1-6-2-4-7(5-3-6)10(8)9/h2-4H,5H2,1H3. The first-order valence-electron chi connectivity index (χ1n) is 3.00. The first-order chi connectivity index (χ1) is 4.70. The fourth-order valence-corrected chi connectivity index (χ4v) is 1.14. The predicted molar refractivity (Wildman–Crippen MR) is 41.4 cm³/mol. The lowest BCUT2D eigenvalue weighted by Gasteiger charge is -1.98. The second-order valence-electron chi connectivity index (χ2n) is 2.19. The second kappa shape index (κ2) is 2.84. The molecule has 0 saturated carbocycles. The molecule has 0 aromatic carbocycles. The van der Waals surface area contributed by atoms with Gasteiger partial charge in [0.1, 0.15) is 0 Å². The lowest BCUT2D eigenvalue weighted by Crippen LogP contribution is -1.97. The number of allylic oxidation sites excluding steroid dienone is 4. The van der Waals surface area contributed by atoms with Crippen LogP contribution in [0.5, 0.6) is 0 Å². The van der Waals surface area contributed by atoms with Crippen molar-refractivity contribution in [3.05, 3.63) is 23.8 Å². The van der Waals surface area contributed by atoms with Crippen LogP contribution in [0.2, 0.25) is 0 Å². The van der Waals surface area contributed by atoms with Gasteiger partial charge in [-0.3, -0.25) is 0 Å². The molecule has 0 spiro atoms. The maximum absolute atomic E-state index is 10.3. The van der Waals surface area contributed by atoms with E-state index in [0.717, 1.165) is 5.57 Å². The van der Waals surface area contributed by atoms with Gasteiger partial charge in [0.05, 0.1) is 4.86 Å². The molecular formula is C7H8O2S. The van der Waals surface area contributed by atoms with Gasteiger partial charge in [-0.1, -0.05) is 17.7 Å². The summed E-state index contributed by atoms with van der Waals surface area (Å²) >= 11 is 0. The first-order valence-corrected chi connectivity index (χ1v) is 4.07. The Kier molecular flexibility index (Phi) is 2.06. The Hall–Kier alpha value is -0.830. The minimum atomic E-state index is -2.03. The van der Waals surface area contributed by atoms with Crippen LogP contribution in [0.4, 0.5) is 0 Å². The minimum Gasteiger partial charge on any atom is -0.184 e. The fraction of sp³-hybridized carbons (Fsp3) is 0.286. The predicted octanol–water partition coefficient (Wildman–Crippen LogP) is 0.944. The van der Waals surface area contributed by atoms with Gasteiger partial charge in [0.15, 0.2) is 0 Å². The highest BCUT2D eigenvalue weighted by atomic mass is 32.2. The van der Waals surface area contributed by atoms with Crippen molar-refractivity contribution in [3.63, 3.8) is 0 Å². The van der Waals surface area contributed by atoms with Gasteiger partial charge in [0.25, 0.3) is 0 Å². The Morgan fingerprint density at radius 2 is 2.10 bits per heavy atom. The molecule has 0 saturated heterocycles. The molecule has 0 unspecified atom stereocenters. The van der Waals surface area contributed by atoms with Crippen LogP contribution in [0, 0.1) is 0 Å². The summed E-state index contributed by atoms with van der Waals surface area (Å²) in [5, 5.41) is 0. The smallest absolute Gasteiger partial charge is 0.184 e. The highest BCUT2D eigenvalue weighted by Gasteiger charge is 1.98. The quantitative estimate of drug-likeness (QED) is 0.489. The van der Waals surface area contributed by atoms with Crippen molar-refractivity contribution >= 4 is 15.2 Å². The molecule has 0 aromatic rings. The normalized spacial score (nSPS) is 16.9. The summed E-state index contributed by atoms with van der Waals surface area (Å²) in [4.78, 5) is 0.464. The van der Waals surface area contributed by atoms with Crippen LogP contribution in [-0.4, -0.2) is 13.3 Å². The highest BCUT2D eigenvalue weighted by Crippen LogP contribution is 2.05. The molecule has 0 aromatic heterocycles. The van der Waals surface area contributed by atoms with Crippen molar-refractivity contribution in [1.29, 1.82) is 0 Å². The molecule has 1 rings (SSSR count). The summed E-state index contributed by atoms with van der Waals surface area (Å²) in [6, 6.07) is 0. The van der Waals surface area contributed by atoms with Gasteiger partial charge in [-0.2, -0.15) is 8.42 Å². The topological polar surface area (TPSA) is 34.1 Å². The third-order valence-corrected chi connectivity index (χ3v) is 2.10. The summed E-state index contributed by atoms with van der Waals surface area (Å²) < 4.78 is 20.7. The Balaban J connectivity index is 3.01. The van der Waals surface area contributed by atoms with E-state index in [4.69, 9.17) is 0 Å².